The molecule has 10 aromatic rings. The van der Waals surface area contributed by atoms with Crippen LogP contribution in [0.4, 0.5) is 0 Å². The van der Waals surface area contributed by atoms with Gasteiger partial charge in [0.15, 0.2) is 0 Å². The number of hydrogen-bond acceptors (Lipinski definition) is 0. The van der Waals surface area contributed by atoms with Crippen LogP contribution in [0.15, 0.2) is 205 Å². The predicted molar refractivity (Wildman–Crippen MR) is 321 cm³/mol. The summed E-state index contributed by atoms with van der Waals surface area (Å²) in [6.45, 7) is 5.14. The monoisotopic (exact) mass is 1090 g/mol. The third kappa shape index (κ3) is 7.36. The first-order chi connectivity index (χ1) is 36.2. The molecule has 4 heteroatoms. The van der Waals surface area contributed by atoms with E-state index in [1.54, 1.807) is 0 Å². The van der Waals surface area contributed by atoms with Crippen LogP contribution in [0.5, 0.6) is 0 Å². The molecular weight excluding hydrogens is 1030 g/mol. The van der Waals surface area contributed by atoms with E-state index in [0.717, 1.165) is 12.8 Å². The molecule has 0 saturated heterocycles. The molecule has 10 aromatic carbocycles. The molecule has 0 bridgehead atoms. The van der Waals surface area contributed by atoms with Crippen molar-refractivity contribution in [2.45, 2.75) is 71.7 Å². The summed E-state index contributed by atoms with van der Waals surface area (Å²) < 4.78 is -0.151. The Morgan fingerprint density at radius 1 is 0.365 bits per heavy atom. The molecular formula is C70H61Cl2SiZr. The van der Waals surface area contributed by atoms with Gasteiger partial charge in [-0.1, -0.05) is 0 Å². The Hall–Kier alpha value is -5.60. The molecule has 0 heterocycles. The summed E-state index contributed by atoms with van der Waals surface area (Å²) in [6.07, 6.45) is 15.1. The molecule has 2 atom stereocenters. The third-order valence-corrected chi connectivity index (χ3v) is 70.3. The van der Waals surface area contributed by atoms with Crippen LogP contribution in [0, 0.1) is 11.8 Å². The number of fused-ring (bicyclic) bond motifs is 6. The second-order valence-electron chi connectivity index (χ2n) is 22.8. The molecule has 2 unspecified atom stereocenters. The van der Waals surface area contributed by atoms with Gasteiger partial charge in [0.05, 0.1) is 0 Å². The van der Waals surface area contributed by atoms with Gasteiger partial charge in [0.2, 0.25) is 0 Å². The van der Waals surface area contributed by atoms with E-state index in [2.05, 4.69) is 219 Å². The Bertz CT molecular complexity index is 3710. The van der Waals surface area contributed by atoms with Crippen LogP contribution in [0.25, 0.3) is 99.7 Å². The molecule has 4 aliphatic carbocycles. The van der Waals surface area contributed by atoms with Crippen molar-refractivity contribution in [3.63, 3.8) is 0 Å². The molecule has 363 valence electrons. The normalized spacial score (nSPS) is 18.3. The zero-order valence-electron chi connectivity index (χ0n) is 42.4. The van der Waals surface area contributed by atoms with Gasteiger partial charge in [-0.3, -0.25) is 0 Å². The summed E-state index contributed by atoms with van der Waals surface area (Å²) in [6, 6.07) is 73.2. The van der Waals surface area contributed by atoms with Crippen molar-refractivity contribution < 1.29 is 15.6 Å². The first-order valence-electron chi connectivity index (χ1n) is 27.5. The van der Waals surface area contributed by atoms with Gasteiger partial charge in [-0.2, -0.15) is 0 Å². The van der Waals surface area contributed by atoms with E-state index in [9.17, 15) is 17.0 Å². The second-order valence-corrected chi connectivity index (χ2v) is 65.3. The van der Waals surface area contributed by atoms with E-state index in [1.165, 1.54) is 160 Å². The Labute approximate surface area is 445 Å². The Morgan fingerprint density at radius 2 is 0.662 bits per heavy atom. The summed E-state index contributed by atoms with van der Waals surface area (Å²) in [5.74, 6) is -0.756. The van der Waals surface area contributed by atoms with Crippen molar-refractivity contribution in [2.75, 3.05) is 0 Å². The van der Waals surface area contributed by atoms with Gasteiger partial charge in [-0.15, -0.1) is 0 Å². The maximum absolute atomic E-state index is 9.77. The van der Waals surface area contributed by atoms with Crippen LogP contribution in [-0.4, -0.2) is 5.92 Å². The maximum atomic E-state index is 9.77. The van der Waals surface area contributed by atoms with Crippen molar-refractivity contribution in [3.8, 4) is 44.5 Å². The fourth-order valence-corrected chi connectivity index (χ4v) is 45.5. The van der Waals surface area contributed by atoms with Crippen molar-refractivity contribution >= 4 is 78.2 Å². The number of halogens is 2. The van der Waals surface area contributed by atoms with E-state index < -0.39 is 21.5 Å². The zero-order chi connectivity index (χ0) is 49.7. The van der Waals surface area contributed by atoms with E-state index >= 15 is 0 Å². The van der Waals surface area contributed by atoms with Gasteiger partial charge in [0.1, 0.15) is 0 Å². The van der Waals surface area contributed by atoms with Gasteiger partial charge in [-0.05, 0) is 0 Å². The first-order valence-corrected chi connectivity index (χ1v) is 43.8. The summed E-state index contributed by atoms with van der Waals surface area (Å²) >= 11 is -5.59. The summed E-state index contributed by atoms with van der Waals surface area (Å²) in [4.78, 5) is 0. The molecule has 2 fully saturated rings. The van der Waals surface area contributed by atoms with Crippen molar-refractivity contribution in [2.24, 2.45) is 11.8 Å². The van der Waals surface area contributed by atoms with Gasteiger partial charge < -0.3 is 0 Å². The molecule has 0 radical (unpaired) electrons. The minimum absolute atomic E-state index is 0.0757. The fourth-order valence-electron chi connectivity index (χ4n) is 14.4. The van der Waals surface area contributed by atoms with Crippen LogP contribution < -0.4 is 0 Å². The van der Waals surface area contributed by atoms with Crippen LogP contribution in [-0.2, 0) is 15.6 Å². The van der Waals surface area contributed by atoms with Crippen LogP contribution >= 0.6 is 17.0 Å². The van der Waals surface area contributed by atoms with E-state index in [1.807, 2.05) is 0 Å². The number of rotatable bonds is 11. The van der Waals surface area contributed by atoms with Crippen LogP contribution in [0.2, 0.25) is 13.1 Å². The van der Waals surface area contributed by atoms with E-state index in [-0.39, 0.29) is 7.25 Å². The topological polar surface area (TPSA) is 0 Å². The third-order valence-electron chi connectivity index (χ3n) is 18.6. The van der Waals surface area contributed by atoms with E-state index in [0.29, 0.717) is 11.8 Å². The molecule has 0 nitrogen and oxygen atoms in total. The second kappa shape index (κ2) is 18.3. The zero-order valence-corrected chi connectivity index (χ0v) is 47.6. The fraction of sp³-hybridized carbons (Fsp3) is 0.200. The Kier molecular flexibility index (Phi) is 11.6. The quantitative estimate of drug-likeness (QED) is 0.113. The molecule has 0 N–H and O–H groups in total. The molecule has 0 aliphatic heterocycles. The van der Waals surface area contributed by atoms with Crippen molar-refractivity contribution in [1.82, 2.24) is 0 Å². The average Bonchev–Trinajstić information content (AvgIpc) is 4.05. The number of benzene rings is 10. The molecule has 4 aliphatic rings. The van der Waals surface area contributed by atoms with Crippen molar-refractivity contribution in [3.05, 3.63) is 228 Å². The molecule has 14 rings (SSSR count). The number of allylic oxidation sites excluding steroid dienone is 2. The standard InChI is InChI=1S/2C34H27.C2H7Si.2ClH.Zr/c2*1-3-14-27-25(10-1)12-6-16-29(27)31-18-19-32(30-17-7-13-26-11-2-4-15-28(26)30)34-22-24(21-33(31)34)20-23-8-5-9-23;1-3-2;;;/h2*1-4,6-7,10-19,21-23H,5,8-9,20H2;3H,1-2H3;2*1H;/q;;;;;+2/p-2. The summed E-state index contributed by atoms with van der Waals surface area (Å²) in [5.41, 5.74) is 18.7. The van der Waals surface area contributed by atoms with Gasteiger partial charge >= 0.3 is 449 Å². The minimum atomic E-state index is -5.59. The Balaban J connectivity index is 1.11. The first kappa shape index (κ1) is 46.9. The molecule has 0 aromatic heterocycles. The van der Waals surface area contributed by atoms with E-state index in [4.69, 9.17) is 0 Å². The summed E-state index contributed by atoms with van der Waals surface area (Å²) in [7, 11) is 19.5. The van der Waals surface area contributed by atoms with Gasteiger partial charge in [0.25, 0.3) is 0 Å². The molecule has 2 saturated carbocycles. The predicted octanol–water partition coefficient (Wildman–Crippen LogP) is 20.9. The molecule has 74 heavy (non-hydrogen) atoms. The number of hydrogen-bond donors (Lipinski definition) is 0. The summed E-state index contributed by atoms with van der Waals surface area (Å²) in [5, 5.41) is 10.1. The van der Waals surface area contributed by atoms with Crippen molar-refractivity contribution in [1.29, 1.82) is 0 Å². The van der Waals surface area contributed by atoms with Gasteiger partial charge in [-0.25, -0.2) is 0 Å². The average molecular weight is 1090 g/mol. The van der Waals surface area contributed by atoms with Gasteiger partial charge in [0, 0.05) is 0 Å². The molecule has 0 spiro atoms. The van der Waals surface area contributed by atoms with Crippen LogP contribution in [0.3, 0.4) is 0 Å². The Morgan fingerprint density at radius 3 is 0.973 bits per heavy atom. The van der Waals surface area contributed by atoms with Crippen LogP contribution in [0.1, 0.15) is 80.9 Å². The SMILES string of the molecule is C[SiH](C)[Zr]([Cl])([Cl])([CH]1C(CC2CCC2)=Cc2c(-c3cccc4ccccc34)ccc(-c3cccc4ccccc34)c21)[CH]1C(CC2CCC2)=Cc2c(-c3cccc4ccccc34)ccc(-c3cccc4ccccc34)c21. The molecule has 0 amide bonds.